The number of aliphatic hydroxyl groups is 1. The third-order valence-corrected chi connectivity index (χ3v) is 1.47. The number of ether oxygens (including phenoxy) is 1. The zero-order chi connectivity index (χ0) is 18.1. The number of hydrogen-bond acceptors (Lipinski definition) is 9. The fourth-order valence-corrected chi connectivity index (χ4v) is 0.755. The number of Topliss-reactive ketones (excluding diaryl/α,β-unsaturated/α-hetero) is 2. The summed E-state index contributed by atoms with van der Waals surface area (Å²) < 4.78 is 4.20. The van der Waals surface area contributed by atoms with E-state index in [1.54, 1.807) is 0 Å². The maximum absolute atomic E-state index is 10.3. The summed E-state index contributed by atoms with van der Waals surface area (Å²) in [5.41, 5.74) is 0. The Balaban J connectivity index is -0.000000116. The third kappa shape index (κ3) is 44.9. The molecule has 1 N–H and O–H groups in total. The Morgan fingerprint density at radius 3 is 1.39 bits per heavy atom. The second kappa shape index (κ2) is 20.5. The van der Waals surface area contributed by atoms with Crippen molar-refractivity contribution in [2.45, 2.75) is 46.5 Å². The molecule has 0 bridgehead atoms. The number of rotatable bonds is 7. The van der Waals surface area contributed by atoms with E-state index < -0.39 is 31.6 Å². The number of aliphatic hydroxyl groups excluding tert-OH is 1. The number of carbonyl (C=O) groups is 5. The Kier molecular flexibility index (Phi) is 26.2. The van der Waals surface area contributed by atoms with Crippen LogP contribution in [0.1, 0.15) is 46.5 Å². The quantitative estimate of drug-likeness (QED) is 0.224. The molecule has 0 aromatic rings. The molecule has 0 heterocycles. The van der Waals surface area contributed by atoms with Crippen molar-refractivity contribution in [3.63, 3.8) is 0 Å². The van der Waals surface area contributed by atoms with E-state index in [4.69, 9.17) is 5.11 Å². The predicted molar refractivity (Wildman–Crippen MR) is 74.4 cm³/mol. The summed E-state index contributed by atoms with van der Waals surface area (Å²) in [5, 5.41) is 27.0. The van der Waals surface area contributed by atoms with Crippen molar-refractivity contribution < 1.29 is 44.0 Å². The summed E-state index contributed by atoms with van der Waals surface area (Å²) in [5.74, 6) is -3.71. The first-order valence-corrected chi connectivity index (χ1v) is 6.21. The molecule has 0 aliphatic rings. The van der Waals surface area contributed by atoms with Gasteiger partial charge in [-0.3, -0.25) is 14.4 Å². The van der Waals surface area contributed by atoms with Crippen LogP contribution in [-0.4, -0.2) is 64.4 Å². The van der Waals surface area contributed by atoms with Crippen molar-refractivity contribution in [2.24, 2.45) is 0 Å². The molecule has 23 heavy (non-hydrogen) atoms. The largest absolute Gasteiger partial charge is 2.00 e. The molecule has 0 aromatic carbocycles. The molecule has 0 rings (SSSR count). The van der Waals surface area contributed by atoms with Crippen LogP contribution < -0.4 is 10.2 Å². The Bertz CT molecular complexity index is 322. The van der Waals surface area contributed by atoms with E-state index in [0.29, 0.717) is 6.42 Å². The fraction of sp³-hybridized carbons (Fsp3) is 0.615. The van der Waals surface area contributed by atoms with Crippen LogP contribution in [0.2, 0.25) is 0 Å². The van der Waals surface area contributed by atoms with Crippen LogP contribution >= 0.6 is 0 Å². The summed E-state index contributed by atoms with van der Waals surface area (Å²) >= 11 is 0. The standard InChI is InChI=1S/C5H10O3.2C4H6O3.Mg/c1-2-3-5(7)8-4-6;2*1-3(5)2-4(6)7;/h6H,2-4H2,1H3;2*2H2,1H3,(H,6,7);/q;;;+2/p-2. The molecule has 0 saturated heterocycles. The maximum atomic E-state index is 10.3. The summed E-state index contributed by atoms with van der Waals surface area (Å²) in [6, 6.07) is 0. The minimum atomic E-state index is -1.31. The summed E-state index contributed by atoms with van der Waals surface area (Å²) in [7, 11) is 0. The van der Waals surface area contributed by atoms with Gasteiger partial charge in [-0.1, -0.05) is 6.92 Å². The smallest absolute Gasteiger partial charge is 0.550 e. The van der Waals surface area contributed by atoms with Gasteiger partial charge in [-0.2, -0.15) is 0 Å². The average molecular weight is 345 g/mol. The first-order chi connectivity index (χ1) is 10.1. The Morgan fingerprint density at radius 2 is 1.26 bits per heavy atom. The number of esters is 1. The SMILES string of the molecule is CC(=O)CC(=O)[O-].CC(=O)CC(=O)[O-].CCCC(=O)OCO.[Mg+2]. The molecule has 0 saturated carbocycles. The number of hydrogen-bond donors (Lipinski definition) is 1. The zero-order valence-corrected chi connectivity index (χ0v) is 14.9. The van der Waals surface area contributed by atoms with Gasteiger partial charge in [0.25, 0.3) is 0 Å². The van der Waals surface area contributed by atoms with Crippen LogP contribution in [0.15, 0.2) is 0 Å². The minimum absolute atomic E-state index is 0. The first-order valence-electron chi connectivity index (χ1n) is 6.21. The first kappa shape index (κ1) is 29.5. The van der Waals surface area contributed by atoms with Gasteiger partial charge in [-0.15, -0.1) is 0 Å². The third-order valence-electron chi connectivity index (χ3n) is 1.47. The van der Waals surface area contributed by atoms with Crippen molar-refractivity contribution >= 4 is 52.5 Å². The van der Waals surface area contributed by atoms with Gasteiger partial charge in [-0.05, 0) is 20.3 Å². The molecule has 9 nitrogen and oxygen atoms in total. The number of carbonyl (C=O) groups excluding carboxylic acids is 5. The van der Waals surface area contributed by atoms with E-state index >= 15 is 0 Å². The molecular weight excluding hydrogens is 324 g/mol. The monoisotopic (exact) mass is 344 g/mol. The summed E-state index contributed by atoms with van der Waals surface area (Å²) in [6.07, 6.45) is 0.208. The van der Waals surface area contributed by atoms with Crippen molar-refractivity contribution in [1.29, 1.82) is 0 Å². The molecule has 0 spiro atoms. The van der Waals surface area contributed by atoms with E-state index in [1.807, 2.05) is 6.92 Å². The van der Waals surface area contributed by atoms with Crippen molar-refractivity contribution in [3.05, 3.63) is 0 Å². The molecule has 128 valence electrons. The normalized spacial score (nSPS) is 8.00. The van der Waals surface area contributed by atoms with Crippen LogP contribution in [0.3, 0.4) is 0 Å². The molecule has 0 unspecified atom stereocenters. The van der Waals surface area contributed by atoms with E-state index in [2.05, 4.69) is 4.74 Å². The maximum Gasteiger partial charge on any atom is 2.00 e. The Hall–Kier alpha value is -1.52. The molecule has 0 fully saturated rings. The average Bonchev–Trinajstić information content (AvgIpc) is 2.26. The second-order valence-corrected chi connectivity index (χ2v) is 3.90. The van der Waals surface area contributed by atoms with Gasteiger partial charge in [0.15, 0.2) is 6.79 Å². The molecular formula is C13H20MgO9. The number of carboxylic acids is 2. The van der Waals surface area contributed by atoms with Gasteiger partial charge in [0.2, 0.25) is 0 Å². The van der Waals surface area contributed by atoms with E-state index in [9.17, 15) is 34.2 Å². The van der Waals surface area contributed by atoms with Gasteiger partial charge >= 0.3 is 29.0 Å². The summed E-state index contributed by atoms with van der Waals surface area (Å²) in [4.78, 5) is 48.9. The van der Waals surface area contributed by atoms with Crippen LogP contribution in [0.4, 0.5) is 0 Å². The molecule has 0 aliphatic carbocycles. The molecule has 0 aromatic heterocycles. The van der Waals surface area contributed by atoms with Crippen LogP contribution in [0, 0.1) is 0 Å². The van der Waals surface area contributed by atoms with Crippen LogP contribution in [-0.2, 0) is 28.7 Å². The van der Waals surface area contributed by atoms with Crippen molar-refractivity contribution in [2.75, 3.05) is 6.79 Å². The fourth-order valence-electron chi connectivity index (χ4n) is 0.755. The molecule has 0 aliphatic heterocycles. The summed E-state index contributed by atoms with van der Waals surface area (Å²) in [6.45, 7) is 3.78. The Morgan fingerprint density at radius 1 is 0.913 bits per heavy atom. The second-order valence-electron chi connectivity index (χ2n) is 3.90. The van der Waals surface area contributed by atoms with Gasteiger partial charge in [0.05, 0.1) is 0 Å². The van der Waals surface area contributed by atoms with E-state index in [-0.39, 0.29) is 40.6 Å². The number of aliphatic carboxylic acids is 2. The predicted octanol–water partition coefficient (Wildman–Crippen LogP) is -2.67. The molecule has 0 amide bonds. The van der Waals surface area contributed by atoms with Gasteiger partial charge < -0.3 is 29.6 Å². The van der Waals surface area contributed by atoms with Crippen LogP contribution in [0.25, 0.3) is 0 Å². The molecule has 0 radical (unpaired) electrons. The molecule has 0 atom stereocenters. The zero-order valence-electron chi connectivity index (χ0n) is 13.5. The van der Waals surface area contributed by atoms with Gasteiger partial charge in [0.1, 0.15) is 11.6 Å². The number of ketones is 2. The Labute approximate surface area is 150 Å². The van der Waals surface area contributed by atoms with E-state index in [1.165, 1.54) is 13.8 Å². The van der Waals surface area contributed by atoms with E-state index in [0.717, 1.165) is 6.42 Å². The topological polar surface area (TPSA) is 161 Å². The van der Waals surface area contributed by atoms with Crippen molar-refractivity contribution in [1.82, 2.24) is 0 Å². The van der Waals surface area contributed by atoms with Crippen LogP contribution in [0.5, 0.6) is 0 Å². The van der Waals surface area contributed by atoms with Gasteiger partial charge in [-0.25, -0.2) is 0 Å². The molecule has 10 heteroatoms. The van der Waals surface area contributed by atoms with Crippen molar-refractivity contribution in [3.8, 4) is 0 Å². The number of carboxylic acid groups (broad SMARTS) is 2. The van der Waals surface area contributed by atoms with Gasteiger partial charge in [0, 0.05) is 31.2 Å². The minimum Gasteiger partial charge on any atom is -0.550 e.